The number of benzene rings is 2. The van der Waals surface area contributed by atoms with Gasteiger partial charge in [-0.15, -0.1) is 0 Å². The molecule has 22 heavy (non-hydrogen) atoms. The molecule has 0 aliphatic heterocycles. The van der Waals surface area contributed by atoms with Crippen LogP contribution < -0.4 is 10.1 Å². The van der Waals surface area contributed by atoms with E-state index in [1.165, 1.54) is 5.56 Å². The highest BCUT2D eigenvalue weighted by molar-refractivity contribution is 5.91. The smallest absolute Gasteiger partial charge is 0.262 e. The van der Waals surface area contributed by atoms with Gasteiger partial charge in [-0.05, 0) is 41.3 Å². The lowest BCUT2D eigenvalue weighted by Crippen LogP contribution is -2.20. The Morgan fingerprint density at radius 3 is 2.55 bits per heavy atom. The number of ether oxygens (including phenoxy) is 1. The van der Waals surface area contributed by atoms with E-state index in [0.29, 0.717) is 11.7 Å². The van der Waals surface area contributed by atoms with Crippen LogP contribution >= 0.6 is 0 Å². The minimum atomic E-state index is -0.202. The predicted octanol–water partition coefficient (Wildman–Crippen LogP) is 3.32. The van der Waals surface area contributed by atoms with Crippen LogP contribution in [0.4, 0.5) is 5.69 Å². The van der Waals surface area contributed by atoms with Gasteiger partial charge in [0.1, 0.15) is 5.75 Å². The first-order valence-corrected chi connectivity index (χ1v) is 7.31. The Hall–Kier alpha value is -2.33. The third kappa shape index (κ3) is 4.60. The lowest BCUT2D eigenvalue weighted by atomic mass is 10.0. The maximum atomic E-state index is 11.9. The summed E-state index contributed by atoms with van der Waals surface area (Å²) in [5, 5.41) is 11.8. The van der Waals surface area contributed by atoms with Crippen molar-refractivity contribution >= 4 is 11.6 Å². The van der Waals surface area contributed by atoms with Crippen LogP contribution in [0.15, 0.2) is 48.5 Å². The van der Waals surface area contributed by atoms with Crippen molar-refractivity contribution < 1.29 is 14.6 Å². The van der Waals surface area contributed by atoms with Gasteiger partial charge in [0.25, 0.3) is 5.91 Å². The number of rotatable bonds is 6. The molecule has 1 amide bonds. The van der Waals surface area contributed by atoms with Gasteiger partial charge in [0.05, 0.1) is 6.61 Å². The summed E-state index contributed by atoms with van der Waals surface area (Å²) in [6.45, 7) is 4.16. The molecule has 0 spiro atoms. The molecular weight excluding hydrogens is 278 g/mol. The van der Waals surface area contributed by atoms with Crippen molar-refractivity contribution in [2.45, 2.75) is 26.4 Å². The highest BCUT2D eigenvalue weighted by atomic mass is 16.5. The molecule has 0 fully saturated rings. The molecule has 0 unspecified atom stereocenters. The van der Waals surface area contributed by atoms with Gasteiger partial charge in [-0.2, -0.15) is 0 Å². The second-order valence-electron chi connectivity index (χ2n) is 5.42. The summed E-state index contributed by atoms with van der Waals surface area (Å²) in [5.41, 5.74) is 2.76. The summed E-state index contributed by atoms with van der Waals surface area (Å²) < 4.78 is 5.42. The molecular formula is C18H21NO3. The van der Waals surface area contributed by atoms with Crippen molar-refractivity contribution in [1.82, 2.24) is 0 Å². The average molecular weight is 299 g/mol. The van der Waals surface area contributed by atoms with E-state index < -0.39 is 0 Å². The van der Waals surface area contributed by atoms with Gasteiger partial charge < -0.3 is 15.2 Å². The summed E-state index contributed by atoms with van der Waals surface area (Å²) >= 11 is 0. The van der Waals surface area contributed by atoms with Gasteiger partial charge in [0.15, 0.2) is 6.61 Å². The van der Waals surface area contributed by atoms with Gasteiger partial charge in [-0.1, -0.05) is 38.1 Å². The lowest BCUT2D eigenvalue weighted by molar-refractivity contribution is -0.118. The molecule has 0 radical (unpaired) electrons. The van der Waals surface area contributed by atoms with Crippen LogP contribution in [-0.4, -0.2) is 17.6 Å². The minimum Gasteiger partial charge on any atom is -0.484 e. The van der Waals surface area contributed by atoms with Crippen LogP contribution in [0.3, 0.4) is 0 Å². The van der Waals surface area contributed by atoms with E-state index in [4.69, 9.17) is 9.84 Å². The second-order valence-corrected chi connectivity index (χ2v) is 5.42. The molecule has 116 valence electrons. The van der Waals surface area contributed by atoms with Gasteiger partial charge in [-0.3, -0.25) is 4.79 Å². The molecule has 2 rings (SSSR count). The van der Waals surface area contributed by atoms with Gasteiger partial charge >= 0.3 is 0 Å². The van der Waals surface area contributed by atoms with Crippen molar-refractivity contribution in [3.63, 3.8) is 0 Å². The zero-order chi connectivity index (χ0) is 15.9. The molecule has 0 aliphatic rings. The Labute approximate surface area is 130 Å². The van der Waals surface area contributed by atoms with Gasteiger partial charge in [-0.25, -0.2) is 0 Å². The molecule has 2 aromatic rings. The Bertz CT molecular complexity index is 620. The van der Waals surface area contributed by atoms with Crippen molar-refractivity contribution in [3.8, 4) is 5.75 Å². The van der Waals surface area contributed by atoms with E-state index in [1.54, 1.807) is 24.3 Å². The largest absolute Gasteiger partial charge is 0.484 e. The summed E-state index contributed by atoms with van der Waals surface area (Å²) in [4.78, 5) is 11.9. The number of aliphatic hydroxyl groups is 1. The third-order valence-corrected chi connectivity index (χ3v) is 3.31. The molecule has 0 heterocycles. The monoisotopic (exact) mass is 299 g/mol. The molecule has 0 bridgehead atoms. The van der Waals surface area contributed by atoms with Gasteiger partial charge in [0, 0.05) is 5.69 Å². The Balaban J connectivity index is 1.88. The summed E-state index contributed by atoms with van der Waals surface area (Å²) in [6, 6.07) is 14.8. The molecule has 0 aliphatic carbocycles. The zero-order valence-electron chi connectivity index (χ0n) is 12.9. The van der Waals surface area contributed by atoms with Gasteiger partial charge in [0.2, 0.25) is 0 Å². The lowest BCUT2D eigenvalue weighted by Gasteiger charge is -2.10. The van der Waals surface area contributed by atoms with Crippen molar-refractivity contribution in [2.75, 3.05) is 11.9 Å². The van der Waals surface area contributed by atoms with E-state index >= 15 is 0 Å². The summed E-state index contributed by atoms with van der Waals surface area (Å²) in [6.07, 6.45) is 0. The first-order chi connectivity index (χ1) is 10.6. The molecule has 2 aromatic carbocycles. The summed E-state index contributed by atoms with van der Waals surface area (Å²) in [7, 11) is 0. The average Bonchev–Trinajstić information content (AvgIpc) is 2.53. The number of carbonyl (C=O) groups is 1. The summed E-state index contributed by atoms with van der Waals surface area (Å²) in [5.74, 6) is 0.813. The number of hydrogen-bond acceptors (Lipinski definition) is 3. The van der Waals surface area contributed by atoms with Crippen molar-refractivity contribution in [3.05, 3.63) is 59.7 Å². The molecule has 0 aromatic heterocycles. The molecule has 4 heteroatoms. The Kier molecular flexibility index (Phi) is 5.55. The number of aliphatic hydroxyl groups excluding tert-OH is 1. The topological polar surface area (TPSA) is 58.6 Å². The molecule has 0 saturated heterocycles. The number of carbonyl (C=O) groups excluding carboxylic acids is 1. The Morgan fingerprint density at radius 2 is 1.91 bits per heavy atom. The minimum absolute atomic E-state index is 0.00699. The SMILES string of the molecule is CC(C)c1cccc(NC(=O)COc2ccc(CO)cc2)c1. The van der Waals surface area contributed by atoms with Crippen LogP contribution in [0, 0.1) is 0 Å². The maximum absolute atomic E-state index is 11.9. The van der Waals surface area contributed by atoms with Crippen LogP contribution in [-0.2, 0) is 11.4 Å². The fourth-order valence-electron chi connectivity index (χ4n) is 2.01. The van der Waals surface area contributed by atoms with Crippen molar-refractivity contribution in [1.29, 1.82) is 0 Å². The predicted molar refractivity (Wildman–Crippen MR) is 87.0 cm³/mol. The second kappa shape index (κ2) is 7.61. The molecule has 4 nitrogen and oxygen atoms in total. The van der Waals surface area contributed by atoms with Crippen LogP contribution in [0.5, 0.6) is 5.75 Å². The standard InChI is InChI=1S/C18H21NO3/c1-13(2)15-4-3-5-16(10-15)19-18(21)12-22-17-8-6-14(11-20)7-9-17/h3-10,13,20H,11-12H2,1-2H3,(H,19,21). The van der Waals surface area contributed by atoms with E-state index in [0.717, 1.165) is 11.3 Å². The highest BCUT2D eigenvalue weighted by Crippen LogP contribution is 2.18. The van der Waals surface area contributed by atoms with Crippen LogP contribution in [0.1, 0.15) is 30.9 Å². The number of hydrogen-bond donors (Lipinski definition) is 2. The fourth-order valence-corrected chi connectivity index (χ4v) is 2.01. The third-order valence-electron chi connectivity index (χ3n) is 3.31. The first-order valence-electron chi connectivity index (χ1n) is 7.31. The molecule has 0 saturated carbocycles. The number of nitrogens with one attached hydrogen (secondary N) is 1. The van der Waals surface area contributed by atoms with Crippen LogP contribution in [0.25, 0.3) is 0 Å². The zero-order valence-corrected chi connectivity index (χ0v) is 12.9. The number of anilines is 1. The van der Waals surface area contributed by atoms with E-state index in [1.807, 2.05) is 24.3 Å². The quantitative estimate of drug-likeness (QED) is 0.860. The maximum Gasteiger partial charge on any atom is 0.262 e. The Morgan fingerprint density at radius 1 is 1.18 bits per heavy atom. The fraction of sp³-hybridized carbons (Fsp3) is 0.278. The van der Waals surface area contributed by atoms with Crippen LogP contribution in [0.2, 0.25) is 0 Å². The molecule has 0 atom stereocenters. The van der Waals surface area contributed by atoms with E-state index in [9.17, 15) is 4.79 Å². The van der Waals surface area contributed by atoms with Crippen molar-refractivity contribution in [2.24, 2.45) is 0 Å². The van der Waals surface area contributed by atoms with E-state index in [2.05, 4.69) is 19.2 Å². The molecule has 2 N–H and O–H groups in total. The highest BCUT2D eigenvalue weighted by Gasteiger charge is 2.06. The normalized spacial score (nSPS) is 10.5. The first kappa shape index (κ1) is 16.0. The number of amides is 1. The van der Waals surface area contributed by atoms with E-state index in [-0.39, 0.29) is 19.1 Å².